The largest absolute Gasteiger partial charge is 0.480 e. The first kappa shape index (κ1) is 25.8. The Kier molecular flexibility index (Phi) is 9.53. The summed E-state index contributed by atoms with van der Waals surface area (Å²) in [4.78, 5) is 28.9. The first-order valence-corrected chi connectivity index (χ1v) is 13.5. The van der Waals surface area contributed by atoms with Crippen molar-refractivity contribution in [2.24, 2.45) is 5.73 Å². The molecule has 0 unspecified atom stereocenters. The number of hydrogen-bond acceptors (Lipinski definition) is 6. The molecule has 1 aliphatic carbocycles. The van der Waals surface area contributed by atoms with Crippen LogP contribution < -0.4 is 15.8 Å². The third-order valence-electron chi connectivity index (χ3n) is 5.61. The zero-order chi connectivity index (χ0) is 24.5. The van der Waals surface area contributed by atoms with Gasteiger partial charge in [-0.2, -0.15) is 11.3 Å². The normalized spacial score (nSPS) is 14.3. The number of benzene rings is 1. The van der Waals surface area contributed by atoms with Crippen molar-refractivity contribution in [2.75, 3.05) is 18.2 Å². The fraction of sp³-hybridized carbons (Fsp3) is 0.346. The van der Waals surface area contributed by atoms with Gasteiger partial charge in [0.1, 0.15) is 5.56 Å². The van der Waals surface area contributed by atoms with Gasteiger partial charge in [-0.1, -0.05) is 38.5 Å². The minimum atomic E-state index is -0.604. The molecule has 2 aromatic heterocycles. The Morgan fingerprint density at radius 3 is 2.50 bits per heavy atom. The summed E-state index contributed by atoms with van der Waals surface area (Å²) in [5.74, 6) is 1.08. The van der Waals surface area contributed by atoms with Crippen LogP contribution in [0.5, 0.6) is 5.88 Å². The van der Waals surface area contributed by atoms with Crippen molar-refractivity contribution in [1.29, 1.82) is 0 Å². The Bertz CT molecular complexity index is 1150. The molecule has 8 heteroatoms. The average Bonchev–Trinajstić information content (AvgIpc) is 3.56. The van der Waals surface area contributed by atoms with Crippen LogP contribution in [0, 0.1) is 0 Å². The Morgan fingerprint density at radius 1 is 1.21 bits per heavy atom. The molecule has 1 aromatic carbocycles. The molecule has 0 bridgehead atoms. The van der Waals surface area contributed by atoms with Crippen molar-refractivity contribution >= 4 is 51.5 Å². The number of thioether (sulfide) groups is 1. The van der Waals surface area contributed by atoms with E-state index in [1.807, 2.05) is 48.5 Å². The van der Waals surface area contributed by atoms with Gasteiger partial charge in [-0.3, -0.25) is 9.59 Å². The topological polar surface area (TPSA) is 94.3 Å². The standard InChI is InChI=1S/C20H19N3O3S.C4H6S.C2H6/c1-26-20-15(18(21)24)9-12-5-6-14(11-3-2-4-11)17(16(12)23-20)22-19(25)13-7-8-27-10-13;1-2-4-5-3-1;1-2/h5-11H,2-4H2,1H3,(H2,21,24)(H,22,25);1,3H,2,4H2;1-2H3. The highest BCUT2D eigenvalue weighted by Gasteiger charge is 2.26. The van der Waals surface area contributed by atoms with Crippen LogP contribution in [0.1, 0.15) is 71.7 Å². The number of nitrogens with two attached hydrogens (primary N) is 1. The molecule has 2 amide bonds. The first-order chi connectivity index (χ1) is 16.6. The average molecular weight is 498 g/mol. The second-order valence-electron chi connectivity index (χ2n) is 7.64. The van der Waals surface area contributed by atoms with Crippen LogP contribution in [0.3, 0.4) is 0 Å². The number of hydrogen-bond donors (Lipinski definition) is 2. The number of carbonyl (C=O) groups is 2. The van der Waals surface area contributed by atoms with E-state index in [1.54, 1.807) is 12.1 Å². The van der Waals surface area contributed by atoms with E-state index < -0.39 is 5.91 Å². The highest BCUT2D eigenvalue weighted by Crippen LogP contribution is 2.43. The van der Waals surface area contributed by atoms with E-state index in [-0.39, 0.29) is 17.4 Å². The summed E-state index contributed by atoms with van der Waals surface area (Å²) < 4.78 is 5.26. The monoisotopic (exact) mass is 497 g/mol. The molecule has 2 aliphatic rings. The van der Waals surface area contributed by atoms with Gasteiger partial charge in [0, 0.05) is 16.5 Å². The van der Waals surface area contributed by atoms with Gasteiger partial charge in [0.05, 0.1) is 23.9 Å². The quantitative estimate of drug-likeness (QED) is 0.415. The van der Waals surface area contributed by atoms with Crippen LogP contribution in [0.4, 0.5) is 5.69 Å². The van der Waals surface area contributed by atoms with E-state index in [0.717, 1.165) is 23.8 Å². The van der Waals surface area contributed by atoms with Crippen molar-refractivity contribution in [2.45, 2.75) is 45.4 Å². The summed E-state index contributed by atoms with van der Waals surface area (Å²) >= 11 is 3.37. The molecule has 1 aliphatic heterocycles. The van der Waals surface area contributed by atoms with Crippen LogP contribution in [0.25, 0.3) is 10.9 Å². The summed E-state index contributed by atoms with van der Waals surface area (Å²) in [6, 6.07) is 7.37. The number of nitrogens with zero attached hydrogens (tertiary/aromatic N) is 1. The Labute approximate surface area is 209 Å². The van der Waals surface area contributed by atoms with E-state index in [4.69, 9.17) is 10.5 Å². The van der Waals surface area contributed by atoms with Crippen LogP contribution in [0.2, 0.25) is 0 Å². The van der Waals surface area contributed by atoms with E-state index in [1.165, 1.54) is 37.0 Å². The Balaban J connectivity index is 0.000000404. The number of thiophene rings is 1. The number of rotatable bonds is 5. The first-order valence-electron chi connectivity index (χ1n) is 11.5. The zero-order valence-corrected chi connectivity index (χ0v) is 21.4. The van der Waals surface area contributed by atoms with Gasteiger partial charge in [0.2, 0.25) is 5.88 Å². The summed E-state index contributed by atoms with van der Waals surface area (Å²) in [5, 5.41) is 9.60. The van der Waals surface area contributed by atoms with Gasteiger partial charge in [-0.15, -0.1) is 11.8 Å². The molecule has 180 valence electrons. The van der Waals surface area contributed by atoms with Crippen molar-refractivity contribution in [3.05, 3.63) is 63.2 Å². The maximum absolute atomic E-state index is 12.7. The van der Waals surface area contributed by atoms with Crippen LogP contribution in [-0.2, 0) is 0 Å². The van der Waals surface area contributed by atoms with Crippen LogP contribution in [-0.4, -0.2) is 29.7 Å². The predicted octanol–water partition coefficient (Wildman–Crippen LogP) is 6.59. The maximum Gasteiger partial charge on any atom is 0.256 e. The Morgan fingerprint density at radius 2 is 2.00 bits per heavy atom. The van der Waals surface area contributed by atoms with Crippen molar-refractivity contribution in [3.63, 3.8) is 0 Å². The second kappa shape index (κ2) is 12.6. The molecule has 5 rings (SSSR count). The number of pyridine rings is 1. The molecule has 3 heterocycles. The van der Waals surface area contributed by atoms with Crippen LogP contribution >= 0.6 is 23.1 Å². The zero-order valence-electron chi connectivity index (χ0n) is 19.8. The van der Waals surface area contributed by atoms with Crippen LogP contribution in [0.15, 0.2) is 46.5 Å². The molecule has 3 N–H and O–H groups in total. The highest BCUT2D eigenvalue weighted by atomic mass is 32.2. The molecule has 34 heavy (non-hydrogen) atoms. The van der Waals surface area contributed by atoms with Gasteiger partial charge in [0.25, 0.3) is 11.8 Å². The second-order valence-corrected chi connectivity index (χ2v) is 9.43. The number of fused-ring (bicyclic) bond motifs is 1. The Hall–Kier alpha value is -2.84. The molecule has 3 aromatic rings. The highest BCUT2D eigenvalue weighted by molar-refractivity contribution is 8.02. The number of aromatic nitrogens is 1. The maximum atomic E-state index is 12.7. The lowest BCUT2D eigenvalue weighted by molar-refractivity contribution is 0.0994. The number of carbonyl (C=O) groups excluding carboxylic acids is 2. The number of nitrogens with one attached hydrogen (secondary N) is 1. The third kappa shape index (κ3) is 5.98. The lowest BCUT2D eigenvalue weighted by atomic mass is 9.79. The number of ether oxygens (including phenoxy) is 1. The number of amides is 2. The molecule has 0 radical (unpaired) electrons. The number of methoxy groups -OCH3 is 1. The summed E-state index contributed by atoms with van der Waals surface area (Å²) in [6.07, 6.45) is 6.83. The molecule has 1 fully saturated rings. The number of allylic oxidation sites excluding steroid dienone is 1. The van der Waals surface area contributed by atoms with E-state index >= 15 is 0 Å². The summed E-state index contributed by atoms with van der Waals surface area (Å²) in [6.45, 7) is 4.00. The van der Waals surface area contributed by atoms with E-state index in [2.05, 4.69) is 21.8 Å². The molecule has 0 atom stereocenters. The molecular weight excluding hydrogens is 466 g/mol. The smallest absolute Gasteiger partial charge is 0.256 e. The SMILES string of the molecule is C1=CSCC1.CC.COc1nc2c(NC(=O)c3ccsc3)c(C3CCC3)ccc2cc1C(N)=O. The molecular formula is C26H31N3O3S2. The molecule has 0 saturated heterocycles. The summed E-state index contributed by atoms with van der Waals surface area (Å²) in [5.41, 5.74) is 8.63. The lowest BCUT2D eigenvalue weighted by Gasteiger charge is -2.28. The molecule has 0 spiro atoms. The van der Waals surface area contributed by atoms with Crippen molar-refractivity contribution in [3.8, 4) is 5.88 Å². The minimum Gasteiger partial charge on any atom is -0.480 e. The van der Waals surface area contributed by atoms with Gasteiger partial charge >= 0.3 is 0 Å². The summed E-state index contributed by atoms with van der Waals surface area (Å²) in [7, 11) is 1.44. The molecule has 1 saturated carbocycles. The fourth-order valence-corrected chi connectivity index (χ4v) is 5.00. The van der Waals surface area contributed by atoms with Gasteiger partial charge in [-0.05, 0) is 53.7 Å². The van der Waals surface area contributed by atoms with Crippen molar-refractivity contribution in [1.82, 2.24) is 4.98 Å². The van der Waals surface area contributed by atoms with Gasteiger partial charge in [-0.25, -0.2) is 4.98 Å². The van der Waals surface area contributed by atoms with Gasteiger partial charge < -0.3 is 15.8 Å². The van der Waals surface area contributed by atoms with Gasteiger partial charge in [0.15, 0.2) is 0 Å². The molecule has 6 nitrogen and oxygen atoms in total. The number of anilines is 1. The van der Waals surface area contributed by atoms with E-state index in [0.29, 0.717) is 22.7 Å². The predicted molar refractivity (Wildman–Crippen MR) is 143 cm³/mol. The van der Waals surface area contributed by atoms with Crippen molar-refractivity contribution < 1.29 is 14.3 Å². The number of primary amides is 1. The minimum absolute atomic E-state index is 0.159. The third-order valence-corrected chi connectivity index (χ3v) is 7.15. The van der Waals surface area contributed by atoms with E-state index in [9.17, 15) is 9.59 Å². The fourth-order valence-electron chi connectivity index (χ4n) is 3.68. The lowest BCUT2D eigenvalue weighted by Crippen LogP contribution is -2.18.